The number of nitrogens with one attached hydrogen (secondary N) is 1. The van der Waals surface area contributed by atoms with Crippen LogP contribution in [0.2, 0.25) is 0 Å². The zero-order chi connectivity index (χ0) is 10.3. The van der Waals surface area contributed by atoms with Crippen molar-refractivity contribution < 1.29 is 5.11 Å². The highest BCUT2D eigenvalue weighted by Crippen LogP contribution is 2.29. The molecule has 0 spiro atoms. The highest BCUT2D eigenvalue weighted by molar-refractivity contribution is 9.10. The smallest absolute Gasteiger partial charge is 0.0841 e. The van der Waals surface area contributed by atoms with Crippen molar-refractivity contribution in [1.29, 1.82) is 0 Å². The molecule has 4 heteroatoms. The minimum Gasteiger partial charge on any atom is -0.386 e. The number of hydrogen-bond donors (Lipinski definition) is 2. The van der Waals surface area contributed by atoms with E-state index in [2.05, 4.69) is 26.1 Å². The first-order chi connectivity index (χ1) is 6.48. The third-order valence-electron chi connectivity index (χ3n) is 2.21. The van der Waals surface area contributed by atoms with E-state index in [1.54, 1.807) is 20.0 Å². The van der Waals surface area contributed by atoms with Crippen molar-refractivity contribution in [1.82, 2.24) is 10.2 Å². The van der Waals surface area contributed by atoms with Crippen LogP contribution in [0.15, 0.2) is 22.8 Å². The van der Waals surface area contributed by atoms with E-state index in [4.69, 9.17) is 0 Å². The number of aromatic amines is 1. The summed E-state index contributed by atoms with van der Waals surface area (Å²) in [4.78, 5) is 0. The minimum atomic E-state index is -0.832. The van der Waals surface area contributed by atoms with Gasteiger partial charge < -0.3 is 5.11 Å². The van der Waals surface area contributed by atoms with Gasteiger partial charge in [0.2, 0.25) is 0 Å². The average molecular weight is 255 g/mol. The topological polar surface area (TPSA) is 48.9 Å². The molecular formula is C10H11BrN2O. The number of H-pyrrole nitrogens is 1. The van der Waals surface area contributed by atoms with Gasteiger partial charge in [-0.3, -0.25) is 5.10 Å². The molecule has 0 radical (unpaired) electrons. The fourth-order valence-electron chi connectivity index (χ4n) is 1.36. The van der Waals surface area contributed by atoms with Gasteiger partial charge in [-0.15, -0.1) is 0 Å². The maximum absolute atomic E-state index is 9.86. The predicted octanol–water partition coefficient (Wildman–Crippen LogP) is 2.55. The van der Waals surface area contributed by atoms with Gasteiger partial charge in [0.15, 0.2) is 0 Å². The second-order valence-corrected chi connectivity index (χ2v) is 4.70. The van der Waals surface area contributed by atoms with Gasteiger partial charge in [-0.25, -0.2) is 0 Å². The third kappa shape index (κ3) is 1.55. The molecule has 0 atom stereocenters. The van der Waals surface area contributed by atoms with E-state index >= 15 is 0 Å². The molecule has 74 valence electrons. The summed E-state index contributed by atoms with van der Waals surface area (Å²) in [6, 6.07) is 3.82. The van der Waals surface area contributed by atoms with Crippen LogP contribution in [0.1, 0.15) is 19.4 Å². The number of hydrogen-bond acceptors (Lipinski definition) is 2. The second kappa shape index (κ2) is 3.07. The van der Waals surface area contributed by atoms with Crippen LogP contribution in [0, 0.1) is 0 Å². The van der Waals surface area contributed by atoms with Gasteiger partial charge in [0.25, 0.3) is 0 Å². The molecule has 2 N–H and O–H groups in total. The van der Waals surface area contributed by atoms with E-state index in [1.807, 2.05) is 12.1 Å². The summed E-state index contributed by atoms with van der Waals surface area (Å²) in [6.45, 7) is 3.52. The van der Waals surface area contributed by atoms with Gasteiger partial charge >= 0.3 is 0 Å². The Morgan fingerprint density at radius 3 is 2.79 bits per heavy atom. The number of nitrogens with zero attached hydrogens (tertiary/aromatic N) is 1. The Balaban J connectivity index is 2.70. The molecule has 1 aromatic carbocycles. The summed E-state index contributed by atoms with van der Waals surface area (Å²) in [5.41, 5.74) is 0.958. The Bertz CT molecular complexity index is 470. The monoisotopic (exact) mass is 254 g/mol. The number of fused-ring (bicyclic) bond motifs is 1. The van der Waals surface area contributed by atoms with E-state index < -0.39 is 5.60 Å². The van der Waals surface area contributed by atoms with E-state index in [1.165, 1.54) is 0 Å². The van der Waals surface area contributed by atoms with Gasteiger partial charge in [0.05, 0.1) is 17.3 Å². The number of benzene rings is 1. The van der Waals surface area contributed by atoms with E-state index in [9.17, 15) is 5.11 Å². The van der Waals surface area contributed by atoms with Crippen molar-refractivity contribution >= 4 is 26.8 Å². The molecule has 0 aliphatic heterocycles. The molecule has 0 unspecified atom stereocenters. The molecule has 0 aliphatic rings. The standard InChI is InChI=1S/C10H11BrN2O/c1-10(2,14)6-3-8(11)7-5-12-13-9(7)4-6/h3-5,14H,1-2H3,(H,12,13). The van der Waals surface area contributed by atoms with E-state index in [0.717, 1.165) is 20.9 Å². The molecule has 0 aliphatic carbocycles. The van der Waals surface area contributed by atoms with Gasteiger partial charge in [-0.1, -0.05) is 15.9 Å². The lowest BCUT2D eigenvalue weighted by Crippen LogP contribution is -2.15. The SMILES string of the molecule is CC(C)(O)c1cc(Br)c2cn[nH]c2c1. The number of aromatic nitrogens is 2. The van der Waals surface area contributed by atoms with Crippen molar-refractivity contribution in [3.63, 3.8) is 0 Å². The maximum Gasteiger partial charge on any atom is 0.0841 e. The molecule has 0 bridgehead atoms. The van der Waals surface area contributed by atoms with Crippen molar-refractivity contribution in [2.45, 2.75) is 19.4 Å². The lowest BCUT2D eigenvalue weighted by Gasteiger charge is -2.18. The summed E-state index contributed by atoms with van der Waals surface area (Å²) in [7, 11) is 0. The Labute approximate surface area is 90.3 Å². The highest BCUT2D eigenvalue weighted by atomic mass is 79.9. The molecule has 0 saturated carbocycles. The fraction of sp³-hybridized carbons (Fsp3) is 0.300. The largest absolute Gasteiger partial charge is 0.386 e. The van der Waals surface area contributed by atoms with Crippen LogP contribution in [0.4, 0.5) is 0 Å². The lowest BCUT2D eigenvalue weighted by molar-refractivity contribution is 0.0787. The molecule has 1 aromatic heterocycles. The number of rotatable bonds is 1. The molecular weight excluding hydrogens is 244 g/mol. The Morgan fingerprint density at radius 1 is 1.43 bits per heavy atom. The summed E-state index contributed by atoms with van der Waals surface area (Å²) in [5, 5.41) is 17.7. The maximum atomic E-state index is 9.86. The van der Waals surface area contributed by atoms with Gasteiger partial charge in [0, 0.05) is 9.86 Å². The quantitative estimate of drug-likeness (QED) is 0.822. The fourth-order valence-corrected chi connectivity index (χ4v) is 1.92. The van der Waals surface area contributed by atoms with Crippen molar-refractivity contribution in [2.24, 2.45) is 0 Å². The molecule has 3 nitrogen and oxygen atoms in total. The summed E-state index contributed by atoms with van der Waals surface area (Å²) >= 11 is 3.45. The van der Waals surface area contributed by atoms with Gasteiger partial charge in [-0.2, -0.15) is 5.10 Å². The predicted molar refractivity (Wildman–Crippen MR) is 59.0 cm³/mol. The summed E-state index contributed by atoms with van der Waals surface area (Å²) in [6.07, 6.45) is 1.76. The Morgan fingerprint density at radius 2 is 2.14 bits per heavy atom. The first kappa shape index (κ1) is 9.68. The second-order valence-electron chi connectivity index (χ2n) is 3.85. The molecule has 2 rings (SSSR count). The Kier molecular flexibility index (Phi) is 2.12. The van der Waals surface area contributed by atoms with Crippen LogP contribution in [-0.4, -0.2) is 15.3 Å². The number of halogens is 1. The minimum absolute atomic E-state index is 0.832. The molecule has 0 fully saturated rings. The number of aliphatic hydroxyl groups is 1. The molecule has 0 saturated heterocycles. The van der Waals surface area contributed by atoms with Gasteiger partial charge in [-0.05, 0) is 31.5 Å². The molecule has 2 aromatic rings. The van der Waals surface area contributed by atoms with Crippen LogP contribution in [0.3, 0.4) is 0 Å². The Hall–Kier alpha value is -0.870. The van der Waals surface area contributed by atoms with Crippen LogP contribution >= 0.6 is 15.9 Å². The highest BCUT2D eigenvalue weighted by Gasteiger charge is 2.17. The molecule has 14 heavy (non-hydrogen) atoms. The van der Waals surface area contributed by atoms with Crippen LogP contribution in [0.25, 0.3) is 10.9 Å². The van der Waals surface area contributed by atoms with Crippen LogP contribution in [0.5, 0.6) is 0 Å². The van der Waals surface area contributed by atoms with Gasteiger partial charge in [0.1, 0.15) is 0 Å². The third-order valence-corrected chi connectivity index (χ3v) is 2.87. The molecule has 1 heterocycles. The zero-order valence-electron chi connectivity index (χ0n) is 8.00. The van der Waals surface area contributed by atoms with Crippen molar-refractivity contribution in [3.8, 4) is 0 Å². The summed E-state index contributed by atoms with van der Waals surface area (Å²) in [5.74, 6) is 0. The average Bonchev–Trinajstić information content (AvgIpc) is 2.50. The molecule has 0 amide bonds. The normalized spacial score (nSPS) is 12.3. The van der Waals surface area contributed by atoms with Crippen LogP contribution < -0.4 is 0 Å². The van der Waals surface area contributed by atoms with Crippen molar-refractivity contribution in [2.75, 3.05) is 0 Å². The first-order valence-electron chi connectivity index (χ1n) is 4.34. The van der Waals surface area contributed by atoms with E-state index in [0.29, 0.717) is 0 Å². The summed E-state index contributed by atoms with van der Waals surface area (Å²) < 4.78 is 0.945. The lowest BCUT2D eigenvalue weighted by atomic mass is 9.98. The first-order valence-corrected chi connectivity index (χ1v) is 5.13. The van der Waals surface area contributed by atoms with E-state index in [-0.39, 0.29) is 0 Å². The van der Waals surface area contributed by atoms with Crippen LogP contribution in [-0.2, 0) is 5.60 Å². The zero-order valence-corrected chi connectivity index (χ0v) is 9.59. The van der Waals surface area contributed by atoms with Crippen molar-refractivity contribution in [3.05, 3.63) is 28.4 Å².